The molecule has 2 aromatic rings. The molecule has 3 amide bonds. The molecule has 3 N–H and O–H groups in total. The molecule has 0 aliphatic heterocycles. The third-order valence-electron chi connectivity index (χ3n) is 7.14. The molecule has 200 valence electrons. The first-order valence-corrected chi connectivity index (χ1v) is 14.1. The van der Waals surface area contributed by atoms with Crippen molar-refractivity contribution in [2.24, 2.45) is 11.3 Å². The van der Waals surface area contributed by atoms with Crippen molar-refractivity contribution in [2.45, 2.75) is 70.4 Å². The number of amides is 3. The maximum atomic E-state index is 13.5. The van der Waals surface area contributed by atoms with Crippen LogP contribution in [0.5, 0.6) is 0 Å². The first-order valence-electron chi connectivity index (χ1n) is 12.9. The molecule has 0 radical (unpaired) electrons. The molecule has 0 heterocycles. The van der Waals surface area contributed by atoms with Crippen LogP contribution in [0.4, 0.5) is 10.5 Å². The molecule has 0 aromatic heterocycles. The molecule has 0 saturated heterocycles. The summed E-state index contributed by atoms with van der Waals surface area (Å²) in [5.74, 6) is -0.617. The molecule has 0 bridgehead atoms. The van der Waals surface area contributed by atoms with E-state index < -0.39 is 5.97 Å². The number of carbonyl (C=O) groups is 3. The topological polar surface area (TPSA) is 98.7 Å². The highest BCUT2D eigenvalue weighted by Crippen LogP contribution is 2.39. The molecule has 37 heavy (non-hydrogen) atoms. The van der Waals surface area contributed by atoms with Gasteiger partial charge in [0, 0.05) is 35.3 Å². The summed E-state index contributed by atoms with van der Waals surface area (Å²) < 4.78 is 0. The molecule has 1 fully saturated rings. The second kappa shape index (κ2) is 13.0. The van der Waals surface area contributed by atoms with E-state index in [4.69, 9.17) is 5.11 Å². The normalized spacial score (nSPS) is 17.6. The monoisotopic (exact) mass is 525 g/mol. The lowest BCUT2D eigenvalue weighted by atomic mass is 9.71. The van der Waals surface area contributed by atoms with Crippen LogP contribution in [0.15, 0.2) is 53.4 Å². The predicted molar refractivity (Wildman–Crippen MR) is 149 cm³/mol. The number of benzene rings is 2. The molecule has 1 aliphatic rings. The molecule has 1 aliphatic carbocycles. The lowest BCUT2D eigenvalue weighted by Gasteiger charge is -2.41. The largest absolute Gasteiger partial charge is 0.481 e. The van der Waals surface area contributed by atoms with Crippen LogP contribution < -0.4 is 10.6 Å². The Kier molecular flexibility index (Phi) is 10.0. The van der Waals surface area contributed by atoms with Gasteiger partial charge in [0.1, 0.15) is 0 Å². The van der Waals surface area contributed by atoms with Gasteiger partial charge in [-0.15, -0.1) is 11.8 Å². The van der Waals surface area contributed by atoms with Crippen LogP contribution in [0, 0.1) is 11.3 Å². The van der Waals surface area contributed by atoms with E-state index in [1.165, 1.54) is 0 Å². The molecule has 3 rings (SSSR count). The van der Waals surface area contributed by atoms with E-state index in [9.17, 15) is 14.4 Å². The number of hydrogen-bond acceptors (Lipinski definition) is 4. The Morgan fingerprint density at radius 1 is 1.03 bits per heavy atom. The molecule has 0 unspecified atom stereocenters. The first kappa shape index (κ1) is 28.6. The molecule has 8 heteroatoms. The minimum atomic E-state index is -0.953. The zero-order valence-electron chi connectivity index (χ0n) is 22.3. The summed E-state index contributed by atoms with van der Waals surface area (Å²) in [6, 6.07) is 15.0. The van der Waals surface area contributed by atoms with E-state index in [1.54, 1.807) is 23.9 Å². The van der Waals surface area contributed by atoms with Crippen LogP contribution in [-0.2, 0) is 11.3 Å². The maximum Gasteiger partial charge on any atom is 0.322 e. The standard InChI is InChI=1S/C29H39N3O4S/c1-29(2,3)22-12-14-24(15-13-22)32(28(36)31-23-6-5-7-25(18-23)37-4)19-20-8-10-21(11-9-20)27(35)30-17-16-26(33)34/h5-11,18,22,24H,12-17,19H2,1-4H3,(H,30,35)(H,31,36)(H,33,34). The first-order chi connectivity index (χ1) is 17.6. The van der Waals surface area contributed by atoms with E-state index >= 15 is 0 Å². The van der Waals surface area contributed by atoms with Gasteiger partial charge in [-0.25, -0.2) is 4.79 Å². The van der Waals surface area contributed by atoms with Gasteiger partial charge in [-0.1, -0.05) is 39.0 Å². The quantitative estimate of drug-likeness (QED) is 0.336. The molecule has 7 nitrogen and oxygen atoms in total. The van der Waals surface area contributed by atoms with Crippen LogP contribution in [0.2, 0.25) is 0 Å². The number of urea groups is 1. The average Bonchev–Trinajstić information content (AvgIpc) is 2.87. The van der Waals surface area contributed by atoms with Gasteiger partial charge < -0.3 is 20.6 Å². The maximum absolute atomic E-state index is 13.5. The minimum absolute atomic E-state index is 0.0822. The van der Waals surface area contributed by atoms with Crippen molar-refractivity contribution in [1.29, 1.82) is 0 Å². The SMILES string of the molecule is CSc1cccc(NC(=O)N(Cc2ccc(C(=O)NCCC(=O)O)cc2)C2CCC(C(C)(C)C)CC2)c1. The molecule has 1 saturated carbocycles. The smallest absolute Gasteiger partial charge is 0.322 e. The number of carboxylic acid groups (broad SMARTS) is 1. The minimum Gasteiger partial charge on any atom is -0.481 e. The number of nitrogens with one attached hydrogen (secondary N) is 2. The predicted octanol–water partition coefficient (Wildman–Crippen LogP) is 6.25. The zero-order chi connectivity index (χ0) is 27.0. The fourth-order valence-corrected chi connectivity index (χ4v) is 5.32. The van der Waals surface area contributed by atoms with Crippen LogP contribution in [0.1, 0.15) is 68.8 Å². The number of aliphatic carboxylic acids is 1. The van der Waals surface area contributed by atoms with Crippen LogP contribution in [-0.4, -0.2) is 46.8 Å². The molecule has 0 atom stereocenters. The highest BCUT2D eigenvalue weighted by molar-refractivity contribution is 7.98. The summed E-state index contributed by atoms with van der Waals surface area (Å²) in [5.41, 5.74) is 2.44. The number of rotatable bonds is 9. The number of hydrogen-bond donors (Lipinski definition) is 3. The van der Waals surface area contributed by atoms with Crippen molar-refractivity contribution in [2.75, 3.05) is 18.1 Å². The Balaban J connectivity index is 1.73. The van der Waals surface area contributed by atoms with Gasteiger partial charge in [-0.3, -0.25) is 9.59 Å². The van der Waals surface area contributed by atoms with Gasteiger partial charge in [0.25, 0.3) is 5.91 Å². The van der Waals surface area contributed by atoms with Gasteiger partial charge in [0.2, 0.25) is 0 Å². The lowest BCUT2D eigenvalue weighted by Crippen LogP contribution is -2.45. The van der Waals surface area contributed by atoms with Gasteiger partial charge in [0.05, 0.1) is 6.42 Å². The third-order valence-corrected chi connectivity index (χ3v) is 7.86. The van der Waals surface area contributed by atoms with Crippen molar-refractivity contribution >= 4 is 35.4 Å². The number of carbonyl (C=O) groups excluding carboxylic acids is 2. The Bertz CT molecular complexity index is 1070. The Morgan fingerprint density at radius 3 is 2.30 bits per heavy atom. The fourth-order valence-electron chi connectivity index (χ4n) is 4.86. The summed E-state index contributed by atoms with van der Waals surface area (Å²) in [6.07, 6.45) is 6.00. The van der Waals surface area contributed by atoms with E-state index in [-0.39, 0.29) is 36.4 Å². The zero-order valence-corrected chi connectivity index (χ0v) is 23.1. The van der Waals surface area contributed by atoms with Gasteiger partial charge in [-0.05, 0) is 79.2 Å². The highest BCUT2D eigenvalue weighted by Gasteiger charge is 2.33. The summed E-state index contributed by atoms with van der Waals surface area (Å²) in [7, 11) is 0. The number of nitrogens with zero attached hydrogens (tertiary/aromatic N) is 1. The number of carboxylic acids is 1. The van der Waals surface area contributed by atoms with Crippen LogP contribution in [0.3, 0.4) is 0 Å². The van der Waals surface area contributed by atoms with E-state index in [1.807, 2.05) is 47.6 Å². The van der Waals surface area contributed by atoms with Crippen LogP contribution >= 0.6 is 11.8 Å². The van der Waals surface area contributed by atoms with Gasteiger partial charge >= 0.3 is 12.0 Å². The fraction of sp³-hybridized carbons (Fsp3) is 0.483. The highest BCUT2D eigenvalue weighted by atomic mass is 32.2. The van der Waals surface area contributed by atoms with Gasteiger partial charge in [0.15, 0.2) is 0 Å². The van der Waals surface area contributed by atoms with E-state index in [0.29, 0.717) is 18.0 Å². The van der Waals surface area contributed by atoms with Crippen molar-refractivity contribution in [3.63, 3.8) is 0 Å². The summed E-state index contributed by atoms with van der Waals surface area (Å²) in [6.45, 7) is 7.40. The summed E-state index contributed by atoms with van der Waals surface area (Å²) >= 11 is 1.63. The Labute approximate surface area is 224 Å². The third kappa shape index (κ3) is 8.52. The average molecular weight is 526 g/mol. The van der Waals surface area contributed by atoms with E-state index in [0.717, 1.165) is 41.8 Å². The van der Waals surface area contributed by atoms with E-state index in [2.05, 4.69) is 31.4 Å². The Hall–Kier alpha value is -3.00. The summed E-state index contributed by atoms with van der Waals surface area (Å²) in [4.78, 5) is 39.5. The second-order valence-electron chi connectivity index (χ2n) is 10.8. The molecular weight excluding hydrogens is 486 g/mol. The van der Waals surface area contributed by atoms with Crippen molar-refractivity contribution < 1.29 is 19.5 Å². The van der Waals surface area contributed by atoms with Crippen molar-refractivity contribution in [3.8, 4) is 0 Å². The van der Waals surface area contributed by atoms with Crippen molar-refractivity contribution in [1.82, 2.24) is 10.2 Å². The molecule has 2 aromatic carbocycles. The van der Waals surface area contributed by atoms with Crippen molar-refractivity contribution in [3.05, 3.63) is 59.7 Å². The lowest BCUT2D eigenvalue weighted by molar-refractivity contribution is -0.136. The Morgan fingerprint density at radius 2 is 1.70 bits per heavy atom. The van der Waals surface area contributed by atoms with Crippen LogP contribution in [0.25, 0.3) is 0 Å². The number of thioether (sulfide) groups is 1. The number of anilines is 1. The molecule has 0 spiro atoms. The molecular formula is C29H39N3O4S. The van der Waals surface area contributed by atoms with Gasteiger partial charge in [-0.2, -0.15) is 0 Å². The summed E-state index contributed by atoms with van der Waals surface area (Å²) in [5, 5.41) is 14.5. The second-order valence-corrected chi connectivity index (χ2v) is 11.6.